The van der Waals surface area contributed by atoms with Crippen molar-refractivity contribution in [3.05, 3.63) is 41.9 Å². The van der Waals surface area contributed by atoms with Gasteiger partial charge in [0.15, 0.2) is 0 Å². The van der Waals surface area contributed by atoms with Crippen molar-refractivity contribution in [1.29, 1.82) is 0 Å². The van der Waals surface area contributed by atoms with Crippen LogP contribution in [-0.4, -0.2) is 66.1 Å². The molecule has 1 aromatic carbocycles. The van der Waals surface area contributed by atoms with Crippen molar-refractivity contribution in [3.8, 4) is 0 Å². The van der Waals surface area contributed by atoms with Crippen molar-refractivity contribution in [2.24, 2.45) is 0 Å². The Hall–Kier alpha value is -2.25. The standard InChI is InChI=1S/C16H18FN3O3/c17-12-1-3-13(4-2-12)20-15(22)11-14(16(20)23)19-7-5-18(6-8-19)9-10-21/h1-4,11,21H,5-10H2. The number of anilines is 1. The zero-order valence-electron chi connectivity index (χ0n) is 12.6. The second-order valence-corrected chi connectivity index (χ2v) is 5.54. The van der Waals surface area contributed by atoms with E-state index in [2.05, 4.69) is 4.90 Å². The number of rotatable bonds is 4. The smallest absolute Gasteiger partial charge is 0.281 e. The van der Waals surface area contributed by atoms with Gasteiger partial charge in [-0.15, -0.1) is 0 Å². The maximum Gasteiger partial charge on any atom is 0.281 e. The number of hydrogen-bond acceptors (Lipinski definition) is 5. The first-order chi connectivity index (χ1) is 11.1. The number of β-amino-alcohol motifs (C(OH)–C–C–N with tert-alkyl or cyclic N) is 1. The predicted molar refractivity (Wildman–Crippen MR) is 82.1 cm³/mol. The normalized spacial score (nSPS) is 19.5. The van der Waals surface area contributed by atoms with Gasteiger partial charge in [0, 0.05) is 38.8 Å². The highest BCUT2D eigenvalue weighted by Crippen LogP contribution is 2.25. The Bertz CT molecular complexity index is 636. The Labute approximate surface area is 133 Å². The Morgan fingerprint density at radius 3 is 2.30 bits per heavy atom. The molecular weight excluding hydrogens is 301 g/mol. The van der Waals surface area contributed by atoms with E-state index in [0.29, 0.717) is 31.0 Å². The molecule has 0 spiro atoms. The minimum Gasteiger partial charge on any atom is -0.395 e. The topological polar surface area (TPSA) is 64.1 Å². The second-order valence-electron chi connectivity index (χ2n) is 5.54. The van der Waals surface area contributed by atoms with E-state index in [-0.39, 0.29) is 12.5 Å². The van der Waals surface area contributed by atoms with E-state index in [0.717, 1.165) is 18.0 Å². The summed E-state index contributed by atoms with van der Waals surface area (Å²) in [6.45, 7) is 3.44. The van der Waals surface area contributed by atoms with Gasteiger partial charge in [-0.3, -0.25) is 14.5 Å². The minimum absolute atomic E-state index is 0.110. The summed E-state index contributed by atoms with van der Waals surface area (Å²) in [7, 11) is 0. The van der Waals surface area contributed by atoms with Crippen LogP contribution in [0.4, 0.5) is 10.1 Å². The minimum atomic E-state index is -0.416. The highest BCUT2D eigenvalue weighted by atomic mass is 19.1. The summed E-state index contributed by atoms with van der Waals surface area (Å²) in [5.74, 6) is -1.20. The van der Waals surface area contributed by atoms with E-state index in [9.17, 15) is 14.0 Å². The zero-order valence-corrected chi connectivity index (χ0v) is 12.6. The third-order valence-electron chi connectivity index (χ3n) is 4.12. The average molecular weight is 319 g/mol. The lowest BCUT2D eigenvalue weighted by atomic mass is 10.2. The molecule has 122 valence electrons. The van der Waals surface area contributed by atoms with Gasteiger partial charge in [0.25, 0.3) is 11.8 Å². The summed E-state index contributed by atoms with van der Waals surface area (Å²) in [5.41, 5.74) is 0.745. The molecular formula is C16H18FN3O3. The number of nitrogens with zero attached hydrogens (tertiary/aromatic N) is 3. The molecule has 0 aromatic heterocycles. The molecule has 6 nitrogen and oxygen atoms in total. The third kappa shape index (κ3) is 3.11. The van der Waals surface area contributed by atoms with Crippen LogP contribution < -0.4 is 4.90 Å². The van der Waals surface area contributed by atoms with Crippen molar-refractivity contribution in [2.45, 2.75) is 0 Å². The van der Waals surface area contributed by atoms with Crippen molar-refractivity contribution in [1.82, 2.24) is 9.80 Å². The van der Waals surface area contributed by atoms with Crippen LogP contribution in [0, 0.1) is 5.82 Å². The number of benzene rings is 1. The molecule has 0 atom stereocenters. The molecule has 1 N–H and O–H groups in total. The van der Waals surface area contributed by atoms with Gasteiger partial charge in [-0.1, -0.05) is 0 Å². The Morgan fingerprint density at radius 1 is 1.04 bits per heavy atom. The van der Waals surface area contributed by atoms with Crippen molar-refractivity contribution < 1.29 is 19.1 Å². The third-order valence-corrected chi connectivity index (χ3v) is 4.12. The zero-order chi connectivity index (χ0) is 16.4. The summed E-state index contributed by atoms with van der Waals surface area (Å²) in [4.78, 5) is 29.8. The fraction of sp³-hybridized carbons (Fsp3) is 0.375. The van der Waals surface area contributed by atoms with E-state index in [1.54, 1.807) is 0 Å². The molecule has 1 saturated heterocycles. The number of halogens is 1. The first kappa shape index (κ1) is 15.6. The van der Waals surface area contributed by atoms with Gasteiger partial charge in [0.1, 0.15) is 11.5 Å². The van der Waals surface area contributed by atoms with Crippen LogP contribution in [0.5, 0.6) is 0 Å². The first-order valence-corrected chi connectivity index (χ1v) is 7.54. The number of aliphatic hydroxyl groups is 1. The maximum absolute atomic E-state index is 13.0. The number of imide groups is 1. The Kier molecular flexibility index (Phi) is 4.40. The maximum atomic E-state index is 13.0. The van der Waals surface area contributed by atoms with Crippen LogP contribution in [-0.2, 0) is 9.59 Å². The molecule has 2 heterocycles. The summed E-state index contributed by atoms with van der Waals surface area (Å²) in [6, 6.07) is 5.28. The summed E-state index contributed by atoms with van der Waals surface area (Å²) < 4.78 is 13.0. The summed E-state index contributed by atoms with van der Waals surface area (Å²) in [5, 5.41) is 8.95. The fourth-order valence-corrected chi connectivity index (χ4v) is 2.87. The van der Waals surface area contributed by atoms with E-state index in [1.165, 1.54) is 30.3 Å². The van der Waals surface area contributed by atoms with Crippen LogP contribution in [0.15, 0.2) is 36.0 Å². The molecule has 7 heteroatoms. The van der Waals surface area contributed by atoms with E-state index >= 15 is 0 Å². The molecule has 3 rings (SSSR count). The van der Waals surface area contributed by atoms with E-state index < -0.39 is 11.7 Å². The molecule has 1 aromatic rings. The van der Waals surface area contributed by atoms with Gasteiger partial charge in [-0.25, -0.2) is 9.29 Å². The van der Waals surface area contributed by atoms with Gasteiger partial charge in [-0.2, -0.15) is 0 Å². The lowest BCUT2D eigenvalue weighted by Crippen LogP contribution is -2.48. The predicted octanol–water partition coefficient (Wildman–Crippen LogP) is 0.193. The van der Waals surface area contributed by atoms with Crippen LogP contribution in [0.1, 0.15) is 0 Å². The molecule has 0 unspecified atom stereocenters. The van der Waals surface area contributed by atoms with Gasteiger partial charge in [-0.05, 0) is 24.3 Å². The largest absolute Gasteiger partial charge is 0.395 e. The second kappa shape index (κ2) is 6.47. The SMILES string of the molecule is O=C1C=C(N2CCN(CCO)CC2)C(=O)N1c1ccc(F)cc1. The molecule has 2 aliphatic rings. The van der Waals surface area contributed by atoms with Gasteiger partial charge in [0.05, 0.1) is 12.3 Å². The van der Waals surface area contributed by atoms with Crippen LogP contribution in [0.3, 0.4) is 0 Å². The number of piperazine rings is 1. The van der Waals surface area contributed by atoms with Gasteiger partial charge < -0.3 is 10.0 Å². The van der Waals surface area contributed by atoms with Gasteiger partial charge in [0.2, 0.25) is 0 Å². The van der Waals surface area contributed by atoms with E-state index in [4.69, 9.17) is 5.11 Å². The molecule has 2 aliphatic heterocycles. The molecule has 2 amide bonds. The lowest BCUT2D eigenvalue weighted by molar-refractivity contribution is -0.121. The number of amides is 2. The van der Waals surface area contributed by atoms with Crippen LogP contribution >= 0.6 is 0 Å². The average Bonchev–Trinajstić information content (AvgIpc) is 2.84. The van der Waals surface area contributed by atoms with Crippen LogP contribution in [0.25, 0.3) is 0 Å². The summed E-state index contributed by atoms with van der Waals surface area (Å²) >= 11 is 0. The molecule has 0 bridgehead atoms. The van der Waals surface area contributed by atoms with E-state index in [1.807, 2.05) is 4.90 Å². The highest BCUT2D eigenvalue weighted by molar-refractivity contribution is 6.30. The molecule has 23 heavy (non-hydrogen) atoms. The quantitative estimate of drug-likeness (QED) is 0.803. The summed E-state index contributed by atoms with van der Waals surface area (Å²) in [6.07, 6.45) is 1.34. The number of aliphatic hydroxyl groups excluding tert-OH is 1. The molecule has 0 saturated carbocycles. The molecule has 0 aliphatic carbocycles. The van der Waals surface area contributed by atoms with Crippen LogP contribution in [0.2, 0.25) is 0 Å². The highest BCUT2D eigenvalue weighted by Gasteiger charge is 2.36. The van der Waals surface area contributed by atoms with Gasteiger partial charge >= 0.3 is 0 Å². The van der Waals surface area contributed by atoms with Crippen molar-refractivity contribution in [3.63, 3.8) is 0 Å². The van der Waals surface area contributed by atoms with Crippen molar-refractivity contribution >= 4 is 17.5 Å². The fourth-order valence-electron chi connectivity index (χ4n) is 2.87. The number of hydrogen-bond donors (Lipinski definition) is 1. The first-order valence-electron chi connectivity index (χ1n) is 7.54. The number of carbonyl (C=O) groups is 2. The Morgan fingerprint density at radius 2 is 1.70 bits per heavy atom. The molecule has 0 radical (unpaired) electrons. The molecule has 1 fully saturated rings. The Balaban J connectivity index is 1.71. The lowest BCUT2D eigenvalue weighted by Gasteiger charge is -2.35. The number of carbonyl (C=O) groups excluding carboxylic acids is 2. The van der Waals surface area contributed by atoms with Crippen molar-refractivity contribution in [2.75, 3.05) is 44.2 Å². The monoisotopic (exact) mass is 319 g/mol.